The van der Waals surface area contributed by atoms with Gasteiger partial charge in [0.15, 0.2) is 11.6 Å². The zero-order valence-electron chi connectivity index (χ0n) is 8.09. The molecule has 0 aliphatic carbocycles. The molecule has 4 heteroatoms. The number of aromatic nitrogens is 2. The third-order valence-corrected chi connectivity index (χ3v) is 1.99. The van der Waals surface area contributed by atoms with Crippen molar-refractivity contribution in [2.45, 2.75) is 6.54 Å². The number of hydrogen-bond acceptors (Lipinski definition) is 3. The summed E-state index contributed by atoms with van der Waals surface area (Å²) in [7, 11) is 0. The quantitative estimate of drug-likeness (QED) is 0.562. The van der Waals surface area contributed by atoms with E-state index in [9.17, 15) is 4.79 Å². The summed E-state index contributed by atoms with van der Waals surface area (Å²) in [6.45, 7) is 4.17. The normalized spacial score (nSPS) is 10.1. The van der Waals surface area contributed by atoms with Gasteiger partial charge in [0.2, 0.25) is 0 Å². The third kappa shape index (κ3) is 1.74. The minimum Gasteiger partial charge on any atom is -0.461 e. The van der Waals surface area contributed by atoms with Crippen LogP contribution < -0.4 is 0 Å². The Hall–Kier alpha value is -2.10. The molecule has 0 saturated carbocycles. The van der Waals surface area contributed by atoms with E-state index in [-0.39, 0.29) is 5.78 Å². The van der Waals surface area contributed by atoms with Gasteiger partial charge in [-0.05, 0) is 12.1 Å². The number of allylic oxidation sites excluding steroid dienone is 1. The van der Waals surface area contributed by atoms with Crippen molar-refractivity contribution in [2.24, 2.45) is 0 Å². The van der Waals surface area contributed by atoms with Crippen molar-refractivity contribution in [3.63, 3.8) is 0 Å². The number of rotatable bonds is 4. The topological polar surface area (TPSA) is 48.0 Å². The number of hydrogen-bond donors (Lipinski definition) is 0. The zero-order valence-corrected chi connectivity index (χ0v) is 8.09. The SMILES string of the molecule is C=CCn1ccnc1C(=O)c1ccco1. The van der Waals surface area contributed by atoms with Crippen LogP contribution >= 0.6 is 0 Å². The van der Waals surface area contributed by atoms with Gasteiger partial charge in [-0.2, -0.15) is 0 Å². The summed E-state index contributed by atoms with van der Waals surface area (Å²) < 4.78 is 6.74. The first-order chi connectivity index (χ1) is 7.33. The fourth-order valence-electron chi connectivity index (χ4n) is 1.32. The summed E-state index contributed by atoms with van der Waals surface area (Å²) >= 11 is 0. The molecule has 0 amide bonds. The second-order valence-corrected chi connectivity index (χ2v) is 3.00. The summed E-state index contributed by atoms with van der Waals surface area (Å²) in [6, 6.07) is 3.29. The van der Waals surface area contributed by atoms with Crippen LogP contribution in [0.4, 0.5) is 0 Å². The van der Waals surface area contributed by atoms with Crippen LogP contribution in [-0.4, -0.2) is 15.3 Å². The highest BCUT2D eigenvalue weighted by Gasteiger charge is 2.16. The molecule has 0 fully saturated rings. The fourth-order valence-corrected chi connectivity index (χ4v) is 1.32. The second-order valence-electron chi connectivity index (χ2n) is 3.00. The van der Waals surface area contributed by atoms with Crippen molar-refractivity contribution in [2.75, 3.05) is 0 Å². The van der Waals surface area contributed by atoms with Crippen LogP contribution in [0.15, 0.2) is 47.9 Å². The third-order valence-electron chi connectivity index (χ3n) is 1.99. The molecular formula is C11H10N2O2. The van der Waals surface area contributed by atoms with Gasteiger partial charge in [-0.15, -0.1) is 6.58 Å². The molecule has 76 valence electrons. The van der Waals surface area contributed by atoms with Gasteiger partial charge in [0.1, 0.15) is 0 Å². The van der Waals surface area contributed by atoms with Crippen molar-refractivity contribution in [1.82, 2.24) is 9.55 Å². The van der Waals surface area contributed by atoms with Gasteiger partial charge in [0.25, 0.3) is 5.78 Å². The van der Waals surface area contributed by atoms with Gasteiger partial charge >= 0.3 is 0 Å². The molecule has 0 atom stereocenters. The lowest BCUT2D eigenvalue weighted by atomic mass is 10.3. The molecule has 0 unspecified atom stereocenters. The average molecular weight is 202 g/mol. The molecule has 2 heterocycles. The van der Waals surface area contributed by atoms with Crippen LogP contribution in [0.2, 0.25) is 0 Å². The molecule has 4 nitrogen and oxygen atoms in total. The Morgan fingerprint density at radius 2 is 2.53 bits per heavy atom. The molecule has 2 aromatic rings. The van der Waals surface area contributed by atoms with E-state index in [1.807, 2.05) is 0 Å². The Balaban J connectivity index is 2.33. The zero-order chi connectivity index (χ0) is 10.7. The first kappa shape index (κ1) is 9.45. The second kappa shape index (κ2) is 3.96. The van der Waals surface area contributed by atoms with Gasteiger partial charge in [-0.3, -0.25) is 4.79 Å². The minimum atomic E-state index is -0.216. The fraction of sp³-hybridized carbons (Fsp3) is 0.0909. The van der Waals surface area contributed by atoms with Crippen LogP contribution in [0.1, 0.15) is 16.4 Å². The molecule has 0 saturated heterocycles. The first-order valence-corrected chi connectivity index (χ1v) is 4.53. The lowest BCUT2D eigenvalue weighted by molar-refractivity contribution is 0.0996. The van der Waals surface area contributed by atoms with Gasteiger partial charge in [0.05, 0.1) is 6.26 Å². The van der Waals surface area contributed by atoms with Gasteiger partial charge in [0, 0.05) is 18.9 Å². The Bertz CT molecular complexity index is 469. The average Bonchev–Trinajstić information content (AvgIpc) is 2.87. The largest absolute Gasteiger partial charge is 0.461 e. The van der Waals surface area contributed by atoms with Gasteiger partial charge in [-0.25, -0.2) is 4.98 Å². The predicted octanol–water partition coefficient (Wildman–Crippen LogP) is 1.89. The first-order valence-electron chi connectivity index (χ1n) is 4.53. The smallest absolute Gasteiger partial charge is 0.263 e. The lowest BCUT2D eigenvalue weighted by Gasteiger charge is -2.01. The number of imidazole rings is 1. The number of furan rings is 1. The van der Waals surface area contributed by atoms with E-state index in [0.29, 0.717) is 18.1 Å². The van der Waals surface area contributed by atoms with Crippen molar-refractivity contribution < 1.29 is 9.21 Å². The van der Waals surface area contributed by atoms with E-state index < -0.39 is 0 Å². The number of nitrogens with zero attached hydrogens (tertiary/aromatic N) is 2. The monoisotopic (exact) mass is 202 g/mol. The summed E-state index contributed by atoms with van der Waals surface area (Å²) in [4.78, 5) is 15.8. The Labute approximate surface area is 86.9 Å². The highest BCUT2D eigenvalue weighted by molar-refractivity contribution is 6.04. The molecule has 0 spiro atoms. The Morgan fingerprint density at radius 1 is 1.67 bits per heavy atom. The summed E-state index contributed by atoms with van der Waals surface area (Å²) in [5.41, 5.74) is 0. The summed E-state index contributed by atoms with van der Waals surface area (Å²) in [6.07, 6.45) is 6.49. The minimum absolute atomic E-state index is 0.216. The van der Waals surface area contributed by atoms with Gasteiger partial charge < -0.3 is 8.98 Å². The molecule has 0 aromatic carbocycles. The van der Waals surface area contributed by atoms with E-state index in [4.69, 9.17) is 4.42 Å². The van der Waals surface area contributed by atoms with Crippen molar-refractivity contribution in [1.29, 1.82) is 0 Å². The molecular weight excluding hydrogens is 192 g/mol. The molecule has 0 aliphatic heterocycles. The van der Waals surface area contributed by atoms with Crippen LogP contribution in [0, 0.1) is 0 Å². The molecule has 15 heavy (non-hydrogen) atoms. The maximum Gasteiger partial charge on any atom is 0.263 e. The van der Waals surface area contributed by atoms with E-state index in [1.54, 1.807) is 35.2 Å². The van der Waals surface area contributed by atoms with Gasteiger partial charge in [-0.1, -0.05) is 6.08 Å². The standard InChI is InChI=1S/C11H10N2O2/c1-2-6-13-7-5-12-11(13)10(14)9-4-3-8-15-9/h2-5,7-8H,1,6H2. The molecule has 0 aliphatic rings. The van der Waals surface area contributed by atoms with Crippen LogP contribution in [0.25, 0.3) is 0 Å². The van der Waals surface area contributed by atoms with Crippen molar-refractivity contribution >= 4 is 5.78 Å². The van der Waals surface area contributed by atoms with Crippen LogP contribution in [0.3, 0.4) is 0 Å². The van der Waals surface area contributed by atoms with Crippen molar-refractivity contribution in [3.8, 4) is 0 Å². The highest BCUT2D eigenvalue weighted by Crippen LogP contribution is 2.08. The molecule has 2 rings (SSSR count). The Kier molecular flexibility index (Phi) is 2.49. The van der Waals surface area contributed by atoms with E-state index in [2.05, 4.69) is 11.6 Å². The van der Waals surface area contributed by atoms with E-state index >= 15 is 0 Å². The number of carbonyl (C=O) groups is 1. The highest BCUT2D eigenvalue weighted by atomic mass is 16.3. The maximum atomic E-state index is 11.9. The summed E-state index contributed by atoms with van der Waals surface area (Å²) in [5.74, 6) is 0.447. The Morgan fingerprint density at radius 3 is 3.20 bits per heavy atom. The predicted molar refractivity (Wildman–Crippen MR) is 54.6 cm³/mol. The van der Waals surface area contributed by atoms with Crippen LogP contribution in [-0.2, 0) is 6.54 Å². The molecule has 0 bridgehead atoms. The molecule has 0 N–H and O–H groups in total. The molecule has 0 radical (unpaired) electrons. The van der Waals surface area contributed by atoms with E-state index in [1.165, 1.54) is 6.26 Å². The van der Waals surface area contributed by atoms with Crippen LogP contribution in [0.5, 0.6) is 0 Å². The number of carbonyl (C=O) groups excluding carboxylic acids is 1. The lowest BCUT2D eigenvalue weighted by Crippen LogP contribution is -2.09. The van der Waals surface area contributed by atoms with Crippen molar-refractivity contribution in [3.05, 3.63) is 55.0 Å². The molecule has 2 aromatic heterocycles. The summed E-state index contributed by atoms with van der Waals surface area (Å²) in [5, 5.41) is 0. The maximum absolute atomic E-state index is 11.9. The van der Waals surface area contributed by atoms with E-state index in [0.717, 1.165) is 0 Å². The number of ketones is 1.